The zero-order valence-electron chi connectivity index (χ0n) is 10.5. The van der Waals surface area contributed by atoms with Crippen LogP contribution in [0.1, 0.15) is 16.0 Å². The molecular weight excluding hydrogens is 348 g/mol. The van der Waals surface area contributed by atoms with Gasteiger partial charge in [-0.15, -0.1) is 22.7 Å². The third-order valence-electron chi connectivity index (χ3n) is 3.57. The summed E-state index contributed by atoms with van der Waals surface area (Å²) in [6.45, 7) is 0. The molecule has 3 heteroatoms. The van der Waals surface area contributed by atoms with Gasteiger partial charge in [0.25, 0.3) is 0 Å². The molecule has 0 N–H and O–H groups in total. The van der Waals surface area contributed by atoms with E-state index in [2.05, 4.69) is 75.2 Å². The van der Waals surface area contributed by atoms with Crippen molar-refractivity contribution in [3.05, 3.63) is 70.4 Å². The van der Waals surface area contributed by atoms with Crippen molar-refractivity contribution in [3.8, 4) is 0 Å². The Morgan fingerprint density at radius 3 is 1.65 bits per heavy atom. The van der Waals surface area contributed by atoms with E-state index < -0.39 is 0 Å². The predicted molar refractivity (Wildman–Crippen MR) is 94.4 cm³/mol. The second kappa shape index (κ2) is 4.99. The third-order valence-corrected chi connectivity index (χ3v) is 6.52. The number of fused-ring (bicyclic) bond motifs is 2. The van der Waals surface area contributed by atoms with E-state index >= 15 is 0 Å². The largest absolute Gasteiger partial charge is 0.143 e. The maximum Gasteiger partial charge on any atom is 0.0673 e. The molecule has 0 atom stereocenters. The van der Waals surface area contributed by atoms with Crippen molar-refractivity contribution in [2.45, 2.75) is 4.83 Å². The smallest absolute Gasteiger partial charge is 0.0673 e. The first-order valence-electron chi connectivity index (χ1n) is 6.41. The van der Waals surface area contributed by atoms with Crippen LogP contribution < -0.4 is 0 Å². The second-order valence-electron chi connectivity index (χ2n) is 4.74. The number of alkyl halides is 1. The molecule has 0 nitrogen and oxygen atoms in total. The number of hydrogen-bond acceptors (Lipinski definition) is 2. The molecule has 2 aromatic carbocycles. The molecular formula is C17H11BrS2. The van der Waals surface area contributed by atoms with Crippen LogP contribution in [0, 0.1) is 0 Å². The van der Waals surface area contributed by atoms with Crippen molar-refractivity contribution in [1.29, 1.82) is 0 Å². The zero-order chi connectivity index (χ0) is 13.5. The van der Waals surface area contributed by atoms with E-state index in [1.165, 1.54) is 31.3 Å². The number of rotatable bonds is 2. The Bertz CT molecular complexity index is 814. The maximum absolute atomic E-state index is 3.91. The van der Waals surface area contributed by atoms with Gasteiger partial charge in [0.15, 0.2) is 0 Å². The Morgan fingerprint density at radius 2 is 1.15 bits per heavy atom. The zero-order valence-corrected chi connectivity index (χ0v) is 13.8. The lowest BCUT2D eigenvalue weighted by molar-refractivity contribution is 1.25. The standard InChI is InChI=1S/C17H11BrS2/c18-17(13-9-19-15-7-3-1-5-11(13)15)14-10-20-16-8-4-2-6-12(14)16/h1-10,17H. The van der Waals surface area contributed by atoms with E-state index in [9.17, 15) is 0 Å². The van der Waals surface area contributed by atoms with E-state index in [0.717, 1.165) is 0 Å². The highest BCUT2D eigenvalue weighted by atomic mass is 79.9. The van der Waals surface area contributed by atoms with Crippen LogP contribution >= 0.6 is 38.6 Å². The lowest BCUT2D eigenvalue weighted by Gasteiger charge is -2.08. The Labute approximate surface area is 133 Å². The van der Waals surface area contributed by atoms with E-state index in [-0.39, 0.29) is 4.83 Å². The van der Waals surface area contributed by atoms with E-state index in [0.29, 0.717) is 0 Å². The van der Waals surface area contributed by atoms with Crippen LogP contribution in [0.4, 0.5) is 0 Å². The number of thiophene rings is 2. The molecule has 2 heterocycles. The van der Waals surface area contributed by atoms with Crippen LogP contribution in [-0.4, -0.2) is 0 Å². The lowest BCUT2D eigenvalue weighted by atomic mass is 10.0. The quantitative estimate of drug-likeness (QED) is 0.354. The summed E-state index contributed by atoms with van der Waals surface area (Å²) >= 11 is 7.54. The Balaban J connectivity index is 1.90. The molecule has 0 saturated carbocycles. The molecule has 0 saturated heterocycles. The second-order valence-corrected chi connectivity index (χ2v) is 7.48. The molecule has 4 rings (SSSR count). The number of benzene rings is 2. The molecule has 0 aliphatic heterocycles. The molecule has 0 fully saturated rings. The summed E-state index contributed by atoms with van der Waals surface area (Å²) in [5.41, 5.74) is 2.74. The highest BCUT2D eigenvalue weighted by Gasteiger charge is 2.18. The van der Waals surface area contributed by atoms with Crippen molar-refractivity contribution in [3.63, 3.8) is 0 Å². The summed E-state index contributed by atoms with van der Waals surface area (Å²) in [7, 11) is 0. The summed E-state index contributed by atoms with van der Waals surface area (Å²) in [4.78, 5) is 0.259. The van der Waals surface area contributed by atoms with Gasteiger partial charge in [-0.05, 0) is 44.8 Å². The van der Waals surface area contributed by atoms with Gasteiger partial charge in [0, 0.05) is 9.40 Å². The molecule has 0 amide bonds. The van der Waals surface area contributed by atoms with E-state index in [4.69, 9.17) is 0 Å². The van der Waals surface area contributed by atoms with Gasteiger partial charge < -0.3 is 0 Å². The van der Waals surface area contributed by atoms with Gasteiger partial charge in [0.05, 0.1) is 4.83 Å². The lowest BCUT2D eigenvalue weighted by Crippen LogP contribution is -1.89. The van der Waals surface area contributed by atoms with Gasteiger partial charge in [-0.1, -0.05) is 52.3 Å². The summed E-state index contributed by atoms with van der Waals surface area (Å²) in [6, 6.07) is 17.2. The third kappa shape index (κ3) is 1.93. The first-order chi connectivity index (χ1) is 9.84. The van der Waals surface area contributed by atoms with E-state index in [1.54, 1.807) is 0 Å². The van der Waals surface area contributed by atoms with Gasteiger partial charge in [0.2, 0.25) is 0 Å². The monoisotopic (exact) mass is 358 g/mol. The predicted octanol–water partition coefficient (Wildman–Crippen LogP) is 6.60. The molecule has 0 spiro atoms. The normalized spacial score (nSPS) is 11.7. The molecule has 4 aromatic rings. The molecule has 0 aliphatic rings. The molecule has 0 unspecified atom stereocenters. The summed E-state index contributed by atoms with van der Waals surface area (Å²) in [5.74, 6) is 0. The van der Waals surface area contributed by atoms with E-state index in [1.807, 2.05) is 22.7 Å². The fraction of sp³-hybridized carbons (Fsp3) is 0.0588. The summed E-state index contributed by atoms with van der Waals surface area (Å²) in [5, 5.41) is 7.26. The van der Waals surface area contributed by atoms with Gasteiger partial charge in [-0.3, -0.25) is 0 Å². The van der Waals surface area contributed by atoms with Crippen LogP contribution in [0.3, 0.4) is 0 Å². The minimum atomic E-state index is 0.259. The molecule has 0 radical (unpaired) electrons. The maximum atomic E-state index is 3.91. The van der Waals surface area contributed by atoms with Crippen molar-refractivity contribution in [2.75, 3.05) is 0 Å². The molecule has 0 aliphatic carbocycles. The van der Waals surface area contributed by atoms with Gasteiger partial charge in [0.1, 0.15) is 0 Å². The molecule has 2 aromatic heterocycles. The Kier molecular flexibility index (Phi) is 3.14. The number of hydrogen-bond donors (Lipinski definition) is 0. The van der Waals surface area contributed by atoms with Crippen LogP contribution in [0.5, 0.6) is 0 Å². The summed E-state index contributed by atoms with van der Waals surface area (Å²) < 4.78 is 2.71. The average Bonchev–Trinajstić information content (AvgIpc) is 3.11. The van der Waals surface area contributed by atoms with Crippen molar-refractivity contribution in [1.82, 2.24) is 0 Å². The minimum absolute atomic E-state index is 0.259. The summed E-state index contributed by atoms with van der Waals surface area (Å²) in [6.07, 6.45) is 0. The van der Waals surface area contributed by atoms with Crippen molar-refractivity contribution in [2.24, 2.45) is 0 Å². The molecule has 0 bridgehead atoms. The highest BCUT2D eigenvalue weighted by molar-refractivity contribution is 9.09. The Hall–Kier alpha value is -1.16. The fourth-order valence-electron chi connectivity index (χ4n) is 2.56. The first-order valence-corrected chi connectivity index (χ1v) is 9.08. The van der Waals surface area contributed by atoms with Gasteiger partial charge in [-0.2, -0.15) is 0 Å². The van der Waals surface area contributed by atoms with Crippen LogP contribution in [0.2, 0.25) is 0 Å². The number of halogens is 1. The van der Waals surface area contributed by atoms with Gasteiger partial charge in [-0.25, -0.2) is 0 Å². The first kappa shape index (κ1) is 12.6. The van der Waals surface area contributed by atoms with Crippen LogP contribution in [-0.2, 0) is 0 Å². The van der Waals surface area contributed by atoms with Crippen LogP contribution in [0.15, 0.2) is 59.3 Å². The van der Waals surface area contributed by atoms with Gasteiger partial charge >= 0.3 is 0 Å². The van der Waals surface area contributed by atoms with Crippen LogP contribution in [0.25, 0.3) is 20.2 Å². The fourth-order valence-corrected chi connectivity index (χ4v) is 5.64. The SMILES string of the molecule is BrC(c1csc2ccccc12)c1csc2ccccc12. The van der Waals surface area contributed by atoms with Crippen molar-refractivity contribution >= 4 is 58.8 Å². The Morgan fingerprint density at radius 1 is 0.700 bits per heavy atom. The minimum Gasteiger partial charge on any atom is -0.143 e. The average molecular weight is 359 g/mol. The molecule has 98 valence electrons. The molecule has 20 heavy (non-hydrogen) atoms. The topological polar surface area (TPSA) is 0 Å². The van der Waals surface area contributed by atoms with Crippen molar-refractivity contribution < 1.29 is 0 Å². The highest BCUT2D eigenvalue weighted by Crippen LogP contribution is 2.42.